The predicted octanol–water partition coefficient (Wildman–Crippen LogP) is 4.35. The highest BCUT2D eigenvalue weighted by molar-refractivity contribution is 6.10. The number of benzene rings is 2. The summed E-state index contributed by atoms with van der Waals surface area (Å²) < 4.78 is 40.2. The van der Waals surface area contributed by atoms with E-state index in [0.29, 0.717) is 36.4 Å². The Morgan fingerprint density at radius 1 is 1.12 bits per heavy atom. The number of nitrogens with two attached hydrogens (primary N) is 1. The van der Waals surface area contributed by atoms with Crippen LogP contribution in [-0.4, -0.2) is 38.7 Å². The molecule has 1 saturated heterocycles. The van der Waals surface area contributed by atoms with Gasteiger partial charge in [-0.2, -0.15) is 18.3 Å². The molecule has 1 atom stereocenters. The molecule has 1 aliphatic heterocycles. The van der Waals surface area contributed by atoms with Crippen molar-refractivity contribution >= 4 is 33.5 Å². The van der Waals surface area contributed by atoms with Crippen molar-refractivity contribution in [3.63, 3.8) is 0 Å². The van der Waals surface area contributed by atoms with E-state index in [1.807, 2.05) is 7.05 Å². The average molecular weight is 439 g/mol. The first kappa shape index (κ1) is 20.3. The van der Waals surface area contributed by atoms with Gasteiger partial charge in [-0.25, -0.2) is 4.98 Å². The molecule has 0 aliphatic carbocycles. The van der Waals surface area contributed by atoms with Crippen LogP contribution >= 0.6 is 0 Å². The van der Waals surface area contributed by atoms with Crippen molar-refractivity contribution in [2.75, 3.05) is 18.8 Å². The summed E-state index contributed by atoms with van der Waals surface area (Å²) in [6.07, 6.45) is -2.00. The van der Waals surface area contributed by atoms with E-state index in [9.17, 15) is 18.0 Å². The number of fused-ring (bicyclic) bond motifs is 3. The maximum Gasteiger partial charge on any atom is 0.416 e. The zero-order valence-electron chi connectivity index (χ0n) is 17.2. The number of halogens is 3. The first-order chi connectivity index (χ1) is 15.2. The second kappa shape index (κ2) is 7.22. The van der Waals surface area contributed by atoms with Gasteiger partial charge in [0.2, 0.25) is 0 Å². The van der Waals surface area contributed by atoms with Crippen molar-refractivity contribution in [3.05, 3.63) is 65.4 Å². The second-order valence-electron chi connectivity index (χ2n) is 8.12. The predicted molar refractivity (Wildman–Crippen MR) is 115 cm³/mol. The summed E-state index contributed by atoms with van der Waals surface area (Å²) in [5.41, 5.74) is 8.19. The number of hydrogen-bond acceptors (Lipinski definition) is 4. The summed E-state index contributed by atoms with van der Waals surface area (Å²) in [6, 6.07) is 10.5. The largest absolute Gasteiger partial charge is 0.416 e. The molecule has 2 aromatic heterocycles. The van der Waals surface area contributed by atoms with Gasteiger partial charge in [0.15, 0.2) is 0 Å². The fourth-order valence-corrected chi connectivity index (χ4v) is 4.43. The van der Waals surface area contributed by atoms with Crippen LogP contribution in [0.2, 0.25) is 0 Å². The molecule has 2 N–H and O–H groups in total. The number of amides is 1. The number of anilines is 1. The molecule has 1 aliphatic rings. The lowest BCUT2D eigenvalue weighted by molar-refractivity contribution is -0.137. The van der Waals surface area contributed by atoms with Gasteiger partial charge < -0.3 is 10.6 Å². The molecule has 164 valence electrons. The normalized spacial score (nSPS) is 16.9. The van der Waals surface area contributed by atoms with Gasteiger partial charge in [0.05, 0.1) is 28.2 Å². The topological polar surface area (TPSA) is 77.0 Å². The van der Waals surface area contributed by atoms with Crippen LogP contribution in [0.5, 0.6) is 0 Å². The monoisotopic (exact) mass is 439 g/mol. The standard InChI is InChI=1S/C23H20F3N5O/c1-30-20-17-10-14(4-7-19(17)29-21(27)18(20)11-28-30)22(32)31-9-8-15(12-31)13-2-5-16(6-3-13)23(24,25)26/h2-7,10-11,15H,8-9,12H2,1H3,(H2,27,29)/t15-/m0/s1. The molecule has 0 bridgehead atoms. The number of carbonyl (C=O) groups is 1. The van der Waals surface area contributed by atoms with Crippen LogP contribution in [0.25, 0.3) is 21.8 Å². The zero-order chi connectivity index (χ0) is 22.6. The Labute approximate surface area is 181 Å². The number of nitrogen functional groups attached to an aromatic ring is 1. The SMILES string of the molecule is Cn1ncc2c(N)nc3ccc(C(=O)N4CC[C@H](c5ccc(C(F)(F)F)cc5)C4)cc3c21. The maximum atomic E-state index is 13.2. The van der Waals surface area contributed by atoms with Crippen molar-refractivity contribution in [1.82, 2.24) is 19.7 Å². The first-order valence-corrected chi connectivity index (χ1v) is 10.2. The van der Waals surface area contributed by atoms with Crippen molar-refractivity contribution in [1.29, 1.82) is 0 Å². The van der Waals surface area contributed by atoms with Gasteiger partial charge in [-0.1, -0.05) is 12.1 Å². The number of carbonyl (C=O) groups excluding carboxylic acids is 1. The van der Waals surface area contributed by atoms with Crippen molar-refractivity contribution in [2.24, 2.45) is 7.05 Å². The van der Waals surface area contributed by atoms with Gasteiger partial charge in [0.1, 0.15) is 5.82 Å². The van der Waals surface area contributed by atoms with Crippen LogP contribution in [0.3, 0.4) is 0 Å². The number of aromatic nitrogens is 3. The van der Waals surface area contributed by atoms with Crippen molar-refractivity contribution in [3.8, 4) is 0 Å². The van der Waals surface area contributed by atoms with E-state index in [2.05, 4.69) is 10.1 Å². The lowest BCUT2D eigenvalue weighted by Gasteiger charge is -2.17. The molecule has 6 nitrogen and oxygen atoms in total. The molecule has 2 aromatic carbocycles. The molecule has 5 rings (SSSR count). The van der Waals surface area contributed by atoms with Crippen LogP contribution < -0.4 is 5.73 Å². The number of alkyl halides is 3. The van der Waals surface area contributed by atoms with E-state index in [0.717, 1.165) is 34.0 Å². The molecule has 0 radical (unpaired) electrons. The molecule has 9 heteroatoms. The number of pyridine rings is 1. The van der Waals surface area contributed by atoms with Gasteiger partial charge in [-0.15, -0.1) is 0 Å². The molecule has 3 heterocycles. The zero-order valence-corrected chi connectivity index (χ0v) is 17.2. The molecular weight excluding hydrogens is 419 g/mol. The molecule has 0 unspecified atom stereocenters. The fourth-order valence-electron chi connectivity index (χ4n) is 4.43. The van der Waals surface area contributed by atoms with E-state index in [1.165, 1.54) is 12.1 Å². The highest BCUT2D eigenvalue weighted by Gasteiger charge is 2.32. The molecular formula is C23H20F3N5O. The van der Waals surface area contributed by atoms with Crippen LogP contribution in [0.1, 0.15) is 33.8 Å². The fraction of sp³-hybridized carbons (Fsp3) is 0.261. The Hall–Kier alpha value is -3.62. The molecule has 0 spiro atoms. The van der Waals surface area contributed by atoms with Gasteiger partial charge in [-0.3, -0.25) is 9.48 Å². The van der Waals surface area contributed by atoms with E-state index >= 15 is 0 Å². The van der Waals surface area contributed by atoms with Gasteiger partial charge in [0.25, 0.3) is 5.91 Å². The van der Waals surface area contributed by atoms with E-state index in [4.69, 9.17) is 5.73 Å². The summed E-state index contributed by atoms with van der Waals surface area (Å²) in [5, 5.41) is 5.77. The number of aryl methyl sites for hydroxylation is 1. The number of nitrogens with zero attached hydrogens (tertiary/aromatic N) is 4. The highest BCUT2D eigenvalue weighted by atomic mass is 19.4. The van der Waals surface area contributed by atoms with Crippen LogP contribution in [0, 0.1) is 0 Å². The molecule has 1 fully saturated rings. The third kappa shape index (κ3) is 3.34. The van der Waals surface area contributed by atoms with E-state index < -0.39 is 11.7 Å². The van der Waals surface area contributed by atoms with Gasteiger partial charge in [-0.05, 0) is 42.3 Å². The number of rotatable bonds is 2. The third-order valence-corrected chi connectivity index (χ3v) is 6.14. The summed E-state index contributed by atoms with van der Waals surface area (Å²) >= 11 is 0. The van der Waals surface area contributed by atoms with Crippen molar-refractivity contribution < 1.29 is 18.0 Å². The van der Waals surface area contributed by atoms with Gasteiger partial charge in [0, 0.05) is 37.0 Å². The summed E-state index contributed by atoms with van der Waals surface area (Å²) in [6.45, 7) is 1.01. The molecule has 1 amide bonds. The Kier molecular flexibility index (Phi) is 4.58. The minimum Gasteiger partial charge on any atom is -0.383 e. The van der Waals surface area contributed by atoms with Crippen LogP contribution in [0.15, 0.2) is 48.7 Å². The Morgan fingerprint density at radius 2 is 1.88 bits per heavy atom. The van der Waals surface area contributed by atoms with Crippen LogP contribution in [-0.2, 0) is 13.2 Å². The minimum absolute atomic E-state index is 0.00642. The van der Waals surface area contributed by atoms with E-state index in [-0.39, 0.29) is 11.8 Å². The summed E-state index contributed by atoms with van der Waals surface area (Å²) in [4.78, 5) is 19.3. The number of likely N-dealkylation sites (tertiary alicyclic amines) is 1. The maximum absolute atomic E-state index is 13.2. The first-order valence-electron chi connectivity index (χ1n) is 10.2. The molecule has 32 heavy (non-hydrogen) atoms. The van der Waals surface area contributed by atoms with E-state index in [1.54, 1.807) is 34.0 Å². The average Bonchev–Trinajstić information content (AvgIpc) is 3.41. The van der Waals surface area contributed by atoms with Crippen LogP contribution in [0.4, 0.5) is 19.0 Å². The summed E-state index contributed by atoms with van der Waals surface area (Å²) in [7, 11) is 1.81. The Balaban J connectivity index is 1.41. The summed E-state index contributed by atoms with van der Waals surface area (Å²) in [5.74, 6) is 0.277. The number of hydrogen-bond donors (Lipinski definition) is 1. The lowest BCUT2D eigenvalue weighted by atomic mass is 9.97. The minimum atomic E-state index is -4.36. The lowest BCUT2D eigenvalue weighted by Crippen LogP contribution is -2.28. The third-order valence-electron chi connectivity index (χ3n) is 6.14. The molecule has 0 saturated carbocycles. The smallest absolute Gasteiger partial charge is 0.383 e. The quantitative estimate of drug-likeness (QED) is 0.504. The second-order valence-corrected chi connectivity index (χ2v) is 8.12. The van der Waals surface area contributed by atoms with Crippen molar-refractivity contribution in [2.45, 2.75) is 18.5 Å². The van der Waals surface area contributed by atoms with Gasteiger partial charge >= 0.3 is 6.18 Å². The highest BCUT2D eigenvalue weighted by Crippen LogP contribution is 2.33. The molecule has 4 aromatic rings. The Morgan fingerprint density at radius 3 is 2.59 bits per heavy atom. The Bertz CT molecular complexity index is 1340.